The number of aromatic nitrogens is 2. The molecule has 0 spiro atoms. The molecule has 4 heteroatoms. The van der Waals surface area contributed by atoms with Gasteiger partial charge in [0.25, 0.3) is 0 Å². The van der Waals surface area contributed by atoms with E-state index in [9.17, 15) is 0 Å². The average molecular weight is 297 g/mol. The first-order valence-corrected chi connectivity index (χ1v) is 6.36. The largest absolute Gasteiger partial charge is 0.337 e. The summed E-state index contributed by atoms with van der Waals surface area (Å²) in [5, 5.41) is 0. The highest BCUT2D eigenvalue weighted by atomic mass is 79.9. The Labute approximate surface area is 108 Å². The Morgan fingerprint density at radius 1 is 1.31 bits per heavy atom. The lowest BCUT2D eigenvalue weighted by Gasteiger charge is -2.12. The lowest BCUT2D eigenvalue weighted by molar-refractivity contribution is 0.782. The fraction of sp³-hybridized carbons (Fsp3) is 0.250. The molecule has 0 bridgehead atoms. The molecule has 2 rings (SSSR count). The van der Waals surface area contributed by atoms with E-state index in [1.165, 1.54) is 5.69 Å². The summed E-state index contributed by atoms with van der Waals surface area (Å²) < 4.78 is 3.85. The van der Waals surface area contributed by atoms with Gasteiger partial charge in [0.15, 0.2) is 4.77 Å². The number of hydrogen-bond donors (Lipinski definition) is 1. The summed E-state index contributed by atoms with van der Waals surface area (Å²) in [6.07, 6.45) is 1.98. The van der Waals surface area contributed by atoms with Gasteiger partial charge < -0.3 is 4.98 Å². The molecular weight excluding hydrogens is 284 g/mol. The predicted molar refractivity (Wildman–Crippen MR) is 72.7 cm³/mol. The molecule has 1 N–H and O–H groups in total. The molecular formula is C12H13BrN2S. The topological polar surface area (TPSA) is 20.7 Å². The first-order valence-electron chi connectivity index (χ1n) is 5.16. The number of imidazole rings is 1. The highest BCUT2D eigenvalue weighted by Gasteiger charge is 2.11. The van der Waals surface area contributed by atoms with Crippen molar-refractivity contribution in [3.63, 3.8) is 0 Å². The molecule has 1 aromatic carbocycles. The van der Waals surface area contributed by atoms with Gasteiger partial charge in [0.2, 0.25) is 0 Å². The number of H-pyrrole nitrogens is 1. The van der Waals surface area contributed by atoms with Crippen molar-refractivity contribution in [2.75, 3.05) is 0 Å². The van der Waals surface area contributed by atoms with Gasteiger partial charge in [0.1, 0.15) is 0 Å². The zero-order valence-electron chi connectivity index (χ0n) is 9.20. The first-order chi connectivity index (χ1) is 7.61. The molecule has 1 heterocycles. The number of para-hydroxylation sites is 1. The van der Waals surface area contributed by atoms with Crippen molar-refractivity contribution < 1.29 is 0 Å². The third-order valence-electron chi connectivity index (χ3n) is 2.49. The molecule has 16 heavy (non-hydrogen) atoms. The minimum absolute atomic E-state index is 0.431. The van der Waals surface area contributed by atoms with Crippen LogP contribution in [0.25, 0.3) is 5.69 Å². The normalized spacial score (nSPS) is 11.0. The molecule has 0 amide bonds. The van der Waals surface area contributed by atoms with Crippen molar-refractivity contribution in [2.24, 2.45) is 0 Å². The van der Waals surface area contributed by atoms with Crippen LogP contribution < -0.4 is 0 Å². The van der Waals surface area contributed by atoms with Crippen molar-refractivity contribution in [3.05, 3.63) is 45.4 Å². The summed E-state index contributed by atoms with van der Waals surface area (Å²) in [4.78, 5) is 3.10. The third kappa shape index (κ3) is 1.99. The standard InChI is InChI=1S/C12H13BrN2S/c1-8(2)11-7-14-12(16)15(11)10-6-4-3-5-9(10)13/h3-8H,1-2H3,(H,14,16). The minimum Gasteiger partial charge on any atom is -0.337 e. The van der Waals surface area contributed by atoms with Gasteiger partial charge in [-0.15, -0.1) is 0 Å². The number of nitrogens with zero attached hydrogens (tertiary/aromatic N) is 1. The van der Waals surface area contributed by atoms with Gasteiger partial charge in [-0.2, -0.15) is 0 Å². The Morgan fingerprint density at radius 3 is 2.62 bits per heavy atom. The number of halogens is 1. The van der Waals surface area contributed by atoms with E-state index >= 15 is 0 Å². The van der Waals surface area contributed by atoms with Gasteiger partial charge in [0, 0.05) is 16.4 Å². The van der Waals surface area contributed by atoms with Crippen LogP contribution in [0.3, 0.4) is 0 Å². The molecule has 0 fully saturated rings. The summed E-state index contributed by atoms with van der Waals surface area (Å²) in [5.74, 6) is 0.431. The Balaban J connectivity index is 2.69. The molecule has 0 radical (unpaired) electrons. The fourth-order valence-electron chi connectivity index (χ4n) is 1.69. The zero-order valence-corrected chi connectivity index (χ0v) is 11.6. The number of hydrogen-bond acceptors (Lipinski definition) is 1. The second-order valence-corrected chi connectivity index (χ2v) is 5.20. The van der Waals surface area contributed by atoms with Crippen LogP contribution in [0.1, 0.15) is 25.5 Å². The number of benzene rings is 1. The summed E-state index contributed by atoms with van der Waals surface area (Å²) >= 11 is 8.87. The van der Waals surface area contributed by atoms with Crippen LogP contribution in [0.4, 0.5) is 0 Å². The highest BCUT2D eigenvalue weighted by Crippen LogP contribution is 2.25. The van der Waals surface area contributed by atoms with Crippen LogP contribution >= 0.6 is 28.1 Å². The van der Waals surface area contributed by atoms with Crippen molar-refractivity contribution in [1.29, 1.82) is 0 Å². The smallest absolute Gasteiger partial charge is 0.182 e. The van der Waals surface area contributed by atoms with E-state index < -0.39 is 0 Å². The molecule has 2 nitrogen and oxygen atoms in total. The molecule has 0 aliphatic heterocycles. The number of nitrogens with one attached hydrogen (secondary N) is 1. The fourth-order valence-corrected chi connectivity index (χ4v) is 2.41. The van der Waals surface area contributed by atoms with E-state index in [0.29, 0.717) is 5.92 Å². The Bertz CT molecular complexity index is 554. The van der Waals surface area contributed by atoms with Crippen LogP contribution in [-0.2, 0) is 0 Å². The Hall–Kier alpha value is -0.870. The quantitative estimate of drug-likeness (QED) is 0.814. The van der Waals surface area contributed by atoms with Gasteiger partial charge in [0.05, 0.1) is 5.69 Å². The molecule has 2 aromatic rings. The molecule has 0 atom stereocenters. The monoisotopic (exact) mass is 296 g/mol. The summed E-state index contributed by atoms with van der Waals surface area (Å²) in [6, 6.07) is 8.09. The van der Waals surface area contributed by atoms with Crippen LogP contribution in [-0.4, -0.2) is 9.55 Å². The van der Waals surface area contributed by atoms with Gasteiger partial charge in [-0.05, 0) is 46.2 Å². The summed E-state index contributed by atoms with van der Waals surface area (Å²) in [5.41, 5.74) is 2.27. The molecule has 0 aliphatic carbocycles. The SMILES string of the molecule is CC(C)c1c[nH]c(=S)n1-c1ccccc1Br. The Kier molecular flexibility index (Phi) is 3.30. The van der Waals surface area contributed by atoms with Gasteiger partial charge in [-0.3, -0.25) is 4.57 Å². The average Bonchev–Trinajstić information content (AvgIpc) is 2.61. The van der Waals surface area contributed by atoms with Crippen LogP contribution in [0.5, 0.6) is 0 Å². The zero-order chi connectivity index (χ0) is 11.7. The second kappa shape index (κ2) is 4.55. The van der Waals surface area contributed by atoms with Crippen LogP contribution in [0.2, 0.25) is 0 Å². The molecule has 0 unspecified atom stereocenters. The van der Waals surface area contributed by atoms with E-state index in [1.54, 1.807) is 0 Å². The maximum Gasteiger partial charge on any atom is 0.182 e. The van der Waals surface area contributed by atoms with E-state index in [-0.39, 0.29) is 0 Å². The van der Waals surface area contributed by atoms with Gasteiger partial charge in [-0.1, -0.05) is 26.0 Å². The van der Waals surface area contributed by atoms with E-state index in [4.69, 9.17) is 12.2 Å². The maximum absolute atomic E-state index is 5.32. The number of aromatic amines is 1. The molecule has 0 aliphatic rings. The lowest BCUT2D eigenvalue weighted by atomic mass is 10.1. The number of rotatable bonds is 2. The third-order valence-corrected chi connectivity index (χ3v) is 3.46. The summed E-state index contributed by atoms with van der Waals surface area (Å²) in [7, 11) is 0. The van der Waals surface area contributed by atoms with Gasteiger partial charge >= 0.3 is 0 Å². The van der Waals surface area contributed by atoms with Crippen molar-refractivity contribution >= 4 is 28.1 Å². The van der Waals surface area contributed by atoms with Gasteiger partial charge in [-0.25, -0.2) is 0 Å². The summed E-state index contributed by atoms with van der Waals surface area (Å²) in [6.45, 7) is 4.32. The predicted octanol–water partition coefficient (Wildman–Crippen LogP) is 4.42. The van der Waals surface area contributed by atoms with Crippen molar-refractivity contribution in [3.8, 4) is 5.69 Å². The van der Waals surface area contributed by atoms with E-state index in [0.717, 1.165) is 14.9 Å². The first kappa shape index (κ1) is 11.6. The second-order valence-electron chi connectivity index (χ2n) is 3.96. The van der Waals surface area contributed by atoms with Crippen LogP contribution in [0, 0.1) is 4.77 Å². The molecule has 1 aromatic heterocycles. The lowest BCUT2D eigenvalue weighted by Crippen LogP contribution is -2.02. The van der Waals surface area contributed by atoms with E-state index in [1.807, 2.05) is 24.4 Å². The maximum atomic E-state index is 5.32. The molecule has 84 valence electrons. The minimum atomic E-state index is 0.431. The van der Waals surface area contributed by atoms with Crippen molar-refractivity contribution in [2.45, 2.75) is 19.8 Å². The highest BCUT2D eigenvalue weighted by molar-refractivity contribution is 9.10. The Morgan fingerprint density at radius 2 is 2.00 bits per heavy atom. The molecule has 0 saturated heterocycles. The molecule has 0 saturated carbocycles. The van der Waals surface area contributed by atoms with Crippen LogP contribution in [0.15, 0.2) is 34.9 Å². The van der Waals surface area contributed by atoms with Crippen molar-refractivity contribution in [1.82, 2.24) is 9.55 Å². The van der Waals surface area contributed by atoms with E-state index in [2.05, 4.69) is 45.4 Å².